The monoisotopic (exact) mass is 335 g/mol. The molecule has 0 atom stereocenters. The van der Waals surface area contributed by atoms with E-state index >= 15 is 0 Å². The first-order chi connectivity index (χ1) is 11.0. The summed E-state index contributed by atoms with van der Waals surface area (Å²) in [5, 5.41) is 3.85. The molecule has 0 saturated carbocycles. The first-order valence-electron chi connectivity index (χ1n) is 7.88. The zero-order chi connectivity index (χ0) is 16.4. The van der Waals surface area contributed by atoms with Crippen molar-refractivity contribution in [2.45, 2.75) is 37.5 Å². The molecule has 1 aliphatic heterocycles. The predicted molar refractivity (Wildman–Crippen MR) is 87.4 cm³/mol. The number of nitrogens with zero attached hydrogens (tertiary/aromatic N) is 3. The van der Waals surface area contributed by atoms with Crippen LogP contribution in [-0.4, -0.2) is 37.4 Å². The van der Waals surface area contributed by atoms with Crippen LogP contribution in [0.4, 0.5) is 5.69 Å². The Balaban J connectivity index is 1.78. The van der Waals surface area contributed by atoms with Crippen molar-refractivity contribution in [2.75, 3.05) is 23.7 Å². The molecule has 6 nitrogen and oxygen atoms in total. The Morgan fingerprint density at radius 3 is 2.57 bits per heavy atom. The van der Waals surface area contributed by atoms with E-state index in [4.69, 9.17) is 4.52 Å². The van der Waals surface area contributed by atoms with Crippen LogP contribution in [0.3, 0.4) is 0 Å². The van der Waals surface area contributed by atoms with Crippen molar-refractivity contribution in [3.8, 4) is 0 Å². The molecule has 2 heterocycles. The van der Waals surface area contributed by atoms with Gasteiger partial charge in [-0.2, -0.15) is 4.98 Å². The number of anilines is 1. The van der Waals surface area contributed by atoms with Gasteiger partial charge >= 0.3 is 0 Å². The normalized spacial score (nSPS) is 16.7. The number of sulfone groups is 1. The molecule has 7 heteroatoms. The highest BCUT2D eigenvalue weighted by Crippen LogP contribution is 2.33. The molecule has 0 unspecified atom stereocenters. The van der Waals surface area contributed by atoms with Gasteiger partial charge in [-0.05, 0) is 31.9 Å². The van der Waals surface area contributed by atoms with Gasteiger partial charge in [-0.15, -0.1) is 0 Å². The van der Waals surface area contributed by atoms with E-state index in [1.807, 2.05) is 19.1 Å². The minimum atomic E-state index is -3.22. The topological polar surface area (TPSA) is 76.3 Å². The predicted octanol–water partition coefficient (Wildman–Crippen LogP) is 2.56. The lowest BCUT2D eigenvalue weighted by Crippen LogP contribution is -2.34. The van der Waals surface area contributed by atoms with Crippen molar-refractivity contribution in [1.29, 1.82) is 0 Å². The van der Waals surface area contributed by atoms with E-state index in [0.29, 0.717) is 16.6 Å². The van der Waals surface area contributed by atoms with Crippen molar-refractivity contribution in [2.24, 2.45) is 0 Å². The molecule has 0 N–H and O–H groups in total. The van der Waals surface area contributed by atoms with Crippen LogP contribution in [0.15, 0.2) is 33.7 Å². The average molecular weight is 335 g/mol. The summed E-state index contributed by atoms with van der Waals surface area (Å²) in [6.07, 6.45) is 1.75. The molecule has 124 valence electrons. The molecule has 3 rings (SSSR count). The Morgan fingerprint density at radius 2 is 1.96 bits per heavy atom. The van der Waals surface area contributed by atoms with Gasteiger partial charge in [-0.25, -0.2) is 8.42 Å². The molecule has 0 aliphatic carbocycles. The number of aryl methyl sites for hydroxylation is 1. The number of benzene rings is 1. The van der Waals surface area contributed by atoms with Crippen LogP contribution in [0.25, 0.3) is 0 Å². The summed E-state index contributed by atoms with van der Waals surface area (Å²) in [7, 11) is -3.22. The van der Waals surface area contributed by atoms with Gasteiger partial charge in [-0.3, -0.25) is 0 Å². The second-order valence-corrected chi connectivity index (χ2v) is 8.06. The molecule has 0 bridgehead atoms. The number of rotatable bonds is 4. The lowest BCUT2D eigenvalue weighted by molar-refractivity contribution is 0.327. The highest BCUT2D eigenvalue weighted by Gasteiger charge is 2.27. The zero-order valence-electron chi connectivity index (χ0n) is 13.4. The summed E-state index contributed by atoms with van der Waals surface area (Å²) in [5.41, 5.74) is 0.800. The molecule has 0 amide bonds. The summed E-state index contributed by atoms with van der Waals surface area (Å²) in [5.74, 6) is 1.71. The van der Waals surface area contributed by atoms with Crippen LogP contribution in [0.2, 0.25) is 0 Å². The summed E-state index contributed by atoms with van der Waals surface area (Å²) >= 11 is 0. The maximum absolute atomic E-state index is 12.3. The number of hydrogen-bond donors (Lipinski definition) is 0. The maximum Gasteiger partial charge on any atom is 0.229 e. The van der Waals surface area contributed by atoms with Crippen molar-refractivity contribution in [3.63, 3.8) is 0 Å². The van der Waals surface area contributed by atoms with E-state index in [1.54, 1.807) is 19.1 Å². The highest BCUT2D eigenvalue weighted by atomic mass is 32.2. The molecular weight excluding hydrogens is 314 g/mol. The van der Waals surface area contributed by atoms with Gasteiger partial charge in [0.1, 0.15) is 0 Å². The molecule has 1 aliphatic rings. The highest BCUT2D eigenvalue weighted by molar-refractivity contribution is 7.91. The molecule has 1 saturated heterocycles. The van der Waals surface area contributed by atoms with Crippen LogP contribution in [-0.2, 0) is 9.84 Å². The Labute approximate surface area is 136 Å². The molecule has 0 spiro atoms. The van der Waals surface area contributed by atoms with Crippen LogP contribution >= 0.6 is 0 Å². The minimum Gasteiger partial charge on any atom is -0.370 e. The van der Waals surface area contributed by atoms with Gasteiger partial charge in [0, 0.05) is 19.0 Å². The smallest absolute Gasteiger partial charge is 0.229 e. The standard InChI is InChI=1S/C16H21N3O3S/c1-3-23(20,21)15-7-5-4-6-14(15)19-10-8-13(9-11-19)16-17-12(2)18-22-16/h4-7,13H,3,8-11H2,1-2H3. The average Bonchev–Trinajstić information content (AvgIpc) is 3.01. The maximum atomic E-state index is 12.3. The summed E-state index contributed by atoms with van der Waals surface area (Å²) in [6, 6.07) is 7.25. The van der Waals surface area contributed by atoms with Crippen molar-refractivity contribution in [3.05, 3.63) is 36.0 Å². The van der Waals surface area contributed by atoms with Crippen LogP contribution in [0, 0.1) is 6.92 Å². The van der Waals surface area contributed by atoms with Gasteiger partial charge in [-0.1, -0.05) is 24.2 Å². The van der Waals surface area contributed by atoms with E-state index in [0.717, 1.165) is 31.6 Å². The van der Waals surface area contributed by atoms with Crippen molar-refractivity contribution < 1.29 is 12.9 Å². The number of para-hydroxylation sites is 1. The van der Waals surface area contributed by atoms with E-state index in [1.165, 1.54) is 0 Å². The van der Waals surface area contributed by atoms with Crippen molar-refractivity contribution >= 4 is 15.5 Å². The van der Waals surface area contributed by atoms with E-state index in [2.05, 4.69) is 15.0 Å². The Morgan fingerprint density at radius 1 is 1.26 bits per heavy atom. The van der Waals surface area contributed by atoms with Crippen LogP contribution in [0.1, 0.15) is 37.4 Å². The molecular formula is C16H21N3O3S. The Bertz CT molecular complexity index is 777. The Hall–Kier alpha value is -1.89. The fourth-order valence-corrected chi connectivity index (χ4v) is 4.10. The third-order valence-corrected chi connectivity index (χ3v) is 6.08. The number of aromatic nitrogens is 2. The van der Waals surface area contributed by atoms with Gasteiger partial charge < -0.3 is 9.42 Å². The number of hydrogen-bond acceptors (Lipinski definition) is 6. The van der Waals surface area contributed by atoms with E-state index in [-0.39, 0.29) is 11.7 Å². The molecule has 23 heavy (non-hydrogen) atoms. The first-order valence-corrected chi connectivity index (χ1v) is 9.53. The molecule has 1 aromatic heterocycles. The first kappa shape index (κ1) is 16.0. The summed E-state index contributed by atoms with van der Waals surface area (Å²) in [6.45, 7) is 5.05. The van der Waals surface area contributed by atoms with Crippen LogP contribution in [0.5, 0.6) is 0 Å². The summed E-state index contributed by atoms with van der Waals surface area (Å²) < 4.78 is 29.9. The third kappa shape index (κ3) is 3.24. The van der Waals surface area contributed by atoms with Gasteiger partial charge in [0.15, 0.2) is 15.7 Å². The van der Waals surface area contributed by atoms with E-state index < -0.39 is 9.84 Å². The van der Waals surface area contributed by atoms with E-state index in [9.17, 15) is 8.42 Å². The fraction of sp³-hybridized carbons (Fsp3) is 0.500. The Kier molecular flexibility index (Phi) is 4.39. The third-order valence-electron chi connectivity index (χ3n) is 4.31. The number of piperidine rings is 1. The minimum absolute atomic E-state index is 0.113. The second kappa shape index (κ2) is 6.31. The molecule has 1 aromatic carbocycles. The van der Waals surface area contributed by atoms with Gasteiger partial charge in [0.25, 0.3) is 0 Å². The molecule has 0 radical (unpaired) electrons. The molecule has 2 aromatic rings. The zero-order valence-corrected chi connectivity index (χ0v) is 14.2. The SMILES string of the molecule is CCS(=O)(=O)c1ccccc1N1CCC(c2nc(C)no2)CC1. The van der Waals surface area contributed by atoms with Crippen LogP contribution < -0.4 is 4.90 Å². The van der Waals surface area contributed by atoms with Gasteiger partial charge in [0.2, 0.25) is 5.89 Å². The van der Waals surface area contributed by atoms with Gasteiger partial charge in [0.05, 0.1) is 16.3 Å². The lowest BCUT2D eigenvalue weighted by Gasteiger charge is -2.33. The molecule has 1 fully saturated rings. The lowest BCUT2D eigenvalue weighted by atomic mass is 9.96. The fourth-order valence-electron chi connectivity index (χ4n) is 2.98. The quantitative estimate of drug-likeness (QED) is 0.854. The second-order valence-electron chi connectivity index (χ2n) is 5.81. The summed E-state index contributed by atoms with van der Waals surface area (Å²) in [4.78, 5) is 6.88. The largest absolute Gasteiger partial charge is 0.370 e. The van der Waals surface area contributed by atoms with Crippen molar-refractivity contribution in [1.82, 2.24) is 10.1 Å².